The number of nitrogens with one attached hydrogen (secondary N) is 3. The highest BCUT2D eigenvalue weighted by atomic mass is 19.1. The minimum absolute atomic E-state index is 0.0903. The van der Waals surface area contributed by atoms with Crippen LogP contribution in [0.1, 0.15) is 28.8 Å². The van der Waals surface area contributed by atoms with Gasteiger partial charge in [0.05, 0.1) is 12.2 Å². The molecule has 0 aliphatic heterocycles. The zero-order valence-corrected chi connectivity index (χ0v) is 14.2. The van der Waals surface area contributed by atoms with Crippen LogP contribution in [0.15, 0.2) is 36.4 Å². The summed E-state index contributed by atoms with van der Waals surface area (Å²) in [6, 6.07) is 8.40. The van der Waals surface area contributed by atoms with Crippen molar-refractivity contribution in [1.82, 2.24) is 5.32 Å². The number of rotatable bonds is 6. The van der Waals surface area contributed by atoms with Crippen LogP contribution in [-0.4, -0.2) is 24.4 Å². The highest BCUT2D eigenvalue weighted by Crippen LogP contribution is 2.21. The largest absolute Gasteiger partial charge is 0.376 e. The van der Waals surface area contributed by atoms with E-state index in [4.69, 9.17) is 0 Å². The van der Waals surface area contributed by atoms with E-state index in [2.05, 4.69) is 16.0 Å². The second-order valence-corrected chi connectivity index (χ2v) is 6.30. The fourth-order valence-corrected chi connectivity index (χ4v) is 2.41. The van der Waals surface area contributed by atoms with E-state index in [1.807, 2.05) is 6.92 Å². The molecule has 0 spiro atoms. The van der Waals surface area contributed by atoms with Gasteiger partial charge in [-0.25, -0.2) is 8.78 Å². The molecule has 136 valence electrons. The fraction of sp³-hybridized carbons (Fsp3) is 0.263. The van der Waals surface area contributed by atoms with E-state index in [9.17, 15) is 18.4 Å². The van der Waals surface area contributed by atoms with Gasteiger partial charge in [-0.2, -0.15) is 0 Å². The topological polar surface area (TPSA) is 70.2 Å². The molecular weight excluding hydrogens is 340 g/mol. The van der Waals surface area contributed by atoms with Crippen LogP contribution in [0.5, 0.6) is 0 Å². The second kappa shape index (κ2) is 7.51. The van der Waals surface area contributed by atoms with Crippen molar-refractivity contribution in [3.63, 3.8) is 0 Å². The van der Waals surface area contributed by atoms with Crippen LogP contribution in [0.25, 0.3) is 0 Å². The van der Waals surface area contributed by atoms with E-state index in [0.29, 0.717) is 17.3 Å². The van der Waals surface area contributed by atoms with Crippen molar-refractivity contribution in [3.8, 4) is 0 Å². The standard InChI is InChI=1S/C19H19F2N3O2/c1-11-2-3-12(19(26)23-14-5-6-14)8-17(11)22-10-18(25)24-16-7-4-13(20)9-15(16)21/h2-4,7-9,14,22H,5-6,10H2,1H3,(H,23,26)(H,24,25). The van der Waals surface area contributed by atoms with Crippen molar-refractivity contribution in [3.05, 3.63) is 59.2 Å². The molecule has 5 nitrogen and oxygen atoms in total. The van der Waals surface area contributed by atoms with Crippen LogP contribution in [0.4, 0.5) is 20.2 Å². The lowest BCUT2D eigenvalue weighted by Gasteiger charge is -2.12. The van der Waals surface area contributed by atoms with Crippen molar-refractivity contribution < 1.29 is 18.4 Å². The number of benzene rings is 2. The van der Waals surface area contributed by atoms with Crippen LogP contribution in [-0.2, 0) is 4.79 Å². The number of amides is 2. The Morgan fingerprint density at radius 2 is 1.85 bits per heavy atom. The number of aryl methyl sites for hydroxylation is 1. The number of carbonyl (C=O) groups excluding carboxylic acids is 2. The molecule has 26 heavy (non-hydrogen) atoms. The molecule has 1 aliphatic carbocycles. The summed E-state index contributed by atoms with van der Waals surface area (Å²) in [4.78, 5) is 24.1. The summed E-state index contributed by atoms with van der Waals surface area (Å²) in [5.41, 5.74) is 1.93. The van der Waals surface area contributed by atoms with Crippen LogP contribution >= 0.6 is 0 Å². The van der Waals surface area contributed by atoms with Gasteiger partial charge in [0, 0.05) is 23.4 Å². The number of carbonyl (C=O) groups is 2. The first kappa shape index (κ1) is 17.8. The van der Waals surface area contributed by atoms with Gasteiger partial charge in [0.15, 0.2) is 0 Å². The molecule has 0 unspecified atom stereocenters. The third kappa shape index (κ3) is 4.56. The van der Waals surface area contributed by atoms with Crippen LogP contribution in [0, 0.1) is 18.6 Å². The average molecular weight is 359 g/mol. The average Bonchev–Trinajstić information content (AvgIpc) is 3.40. The quantitative estimate of drug-likeness (QED) is 0.742. The molecule has 2 aromatic rings. The number of anilines is 2. The SMILES string of the molecule is Cc1ccc(C(=O)NC2CC2)cc1NCC(=O)Nc1ccc(F)cc1F. The molecule has 7 heteroatoms. The fourth-order valence-electron chi connectivity index (χ4n) is 2.41. The lowest BCUT2D eigenvalue weighted by Crippen LogP contribution is -2.26. The molecule has 1 saturated carbocycles. The number of hydrogen-bond acceptors (Lipinski definition) is 3. The van der Waals surface area contributed by atoms with Gasteiger partial charge in [0.2, 0.25) is 5.91 Å². The first-order valence-corrected chi connectivity index (χ1v) is 8.32. The van der Waals surface area contributed by atoms with E-state index in [-0.39, 0.29) is 24.2 Å². The molecule has 0 atom stereocenters. The van der Waals surface area contributed by atoms with E-state index < -0.39 is 17.5 Å². The maximum atomic E-state index is 13.6. The summed E-state index contributed by atoms with van der Waals surface area (Å²) in [5.74, 6) is -2.18. The van der Waals surface area contributed by atoms with Crippen molar-refractivity contribution in [2.45, 2.75) is 25.8 Å². The zero-order valence-electron chi connectivity index (χ0n) is 14.2. The molecule has 1 fully saturated rings. The monoisotopic (exact) mass is 359 g/mol. The van der Waals surface area contributed by atoms with Gasteiger partial charge < -0.3 is 16.0 Å². The van der Waals surface area contributed by atoms with Gasteiger partial charge in [-0.05, 0) is 49.6 Å². The molecule has 0 heterocycles. The molecular formula is C19H19F2N3O2. The van der Waals surface area contributed by atoms with Crippen molar-refractivity contribution >= 4 is 23.2 Å². The zero-order chi connectivity index (χ0) is 18.7. The highest BCUT2D eigenvalue weighted by Gasteiger charge is 2.24. The first-order valence-electron chi connectivity index (χ1n) is 8.32. The van der Waals surface area contributed by atoms with Crippen molar-refractivity contribution in [2.24, 2.45) is 0 Å². The summed E-state index contributed by atoms with van der Waals surface area (Å²) in [6.07, 6.45) is 2.01. The van der Waals surface area contributed by atoms with Gasteiger partial charge in [-0.15, -0.1) is 0 Å². The van der Waals surface area contributed by atoms with E-state index in [1.165, 1.54) is 0 Å². The summed E-state index contributed by atoms with van der Waals surface area (Å²) in [6.45, 7) is 1.73. The highest BCUT2D eigenvalue weighted by molar-refractivity contribution is 5.96. The smallest absolute Gasteiger partial charge is 0.251 e. The second-order valence-electron chi connectivity index (χ2n) is 6.30. The Morgan fingerprint density at radius 1 is 1.08 bits per heavy atom. The third-order valence-corrected chi connectivity index (χ3v) is 4.06. The molecule has 3 rings (SSSR count). The molecule has 2 amide bonds. The Kier molecular flexibility index (Phi) is 5.16. The predicted molar refractivity (Wildman–Crippen MR) is 95.1 cm³/mol. The number of halogens is 2. The lowest BCUT2D eigenvalue weighted by molar-refractivity contribution is -0.114. The molecule has 1 aliphatic rings. The predicted octanol–water partition coefficient (Wildman–Crippen LogP) is 3.22. The molecule has 0 aromatic heterocycles. The van der Waals surface area contributed by atoms with Gasteiger partial charge in [0.1, 0.15) is 11.6 Å². The minimum Gasteiger partial charge on any atom is -0.376 e. The van der Waals surface area contributed by atoms with E-state index in [0.717, 1.165) is 30.5 Å². The minimum atomic E-state index is -0.840. The Morgan fingerprint density at radius 3 is 2.54 bits per heavy atom. The maximum Gasteiger partial charge on any atom is 0.251 e. The van der Waals surface area contributed by atoms with Crippen molar-refractivity contribution in [2.75, 3.05) is 17.2 Å². The molecule has 0 radical (unpaired) electrons. The Bertz CT molecular complexity index is 851. The van der Waals surface area contributed by atoms with Crippen molar-refractivity contribution in [1.29, 1.82) is 0 Å². The van der Waals surface area contributed by atoms with E-state index in [1.54, 1.807) is 18.2 Å². The van der Waals surface area contributed by atoms with Gasteiger partial charge in [-0.1, -0.05) is 6.07 Å². The summed E-state index contributed by atoms with van der Waals surface area (Å²) in [5, 5.41) is 8.22. The molecule has 2 aromatic carbocycles. The molecule has 0 bridgehead atoms. The van der Waals surface area contributed by atoms with Crippen LogP contribution < -0.4 is 16.0 Å². The van der Waals surface area contributed by atoms with Gasteiger partial charge in [0.25, 0.3) is 5.91 Å². The maximum absolute atomic E-state index is 13.6. The third-order valence-electron chi connectivity index (χ3n) is 4.06. The van der Waals surface area contributed by atoms with Gasteiger partial charge in [-0.3, -0.25) is 9.59 Å². The van der Waals surface area contributed by atoms with E-state index >= 15 is 0 Å². The first-order chi connectivity index (χ1) is 12.4. The Labute approximate surface area is 149 Å². The number of hydrogen-bond donors (Lipinski definition) is 3. The Hall–Kier alpha value is -2.96. The summed E-state index contributed by atoms with van der Waals surface area (Å²) < 4.78 is 26.5. The lowest BCUT2D eigenvalue weighted by atomic mass is 10.1. The Balaban J connectivity index is 1.61. The molecule has 3 N–H and O–H groups in total. The molecule has 0 saturated heterocycles. The van der Waals surface area contributed by atoms with Crippen LogP contribution in [0.2, 0.25) is 0 Å². The van der Waals surface area contributed by atoms with Gasteiger partial charge >= 0.3 is 0 Å². The summed E-state index contributed by atoms with van der Waals surface area (Å²) in [7, 11) is 0. The van der Waals surface area contributed by atoms with Crippen LogP contribution in [0.3, 0.4) is 0 Å². The normalized spacial score (nSPS) is 13.2. The summed E-state index contributed by atoms with van der Waals surface area (Å²) >= 11 is 0.